The summed E-state index contributed by atoms with van der Waals surface area (Å²) in [6, 6.07) is 41.7. The highest BCUT2D eigenvalue weighted by atomic mass is 32.2. The van der Waals surface area contributed by atoms with Crippen LogP contribution in [0.25, 0.3) is 0 Å². The predicted molar refractivity (Wildman–Crippen MR) is 235 cm³/mol. The van der Waals surface area contributed by atoms with Crippen molar-refractivity contribution in [2.75, 3.05) is 13.2 Å². The van der Waals surface area contributed by atoms with E-state index in [0.717, 1.165) is 0 Å². The Morgan fingerprint density at radius 3 is 1.55 bits per heavy atom. The molecule has 0 radical (unpaired) electrons. The lowest BCUT2D eigenvalue weighted by Gasteiger charge is -2.50. The number of thioether (sulfide) groups is 1. The molecule has 3 aliphatic rings. The van der Waals surface area contributed by atoms with Crippen LogP contribution in [0.2, 0.25) is 0 Å². The summed E-state index contributed by atoms with van der Waals surface area (Å²) < 4.78 is 57.0. The first kappa shape index (κ1) is 45.7. The zero-order valence-corrected chi connectivity index (χ0v) is 36.3. The third-order valence-corrected chi connectivity index (χ3v) is 12.0. The molecule has 3 fully saturated rings. The number of ether oxygens (including phenoxy) is 9. The number of fused-ring (bicyclic) bond motifs is 1. The molecule has 0 unspecified atom stereocenters. The lowest BCUT2D eigenvalue weighted by atomic mass is 9.96. The maximum Gasteiger partial charge on any atom is 0.338 e. The highest BCUT2D eigenvalue weighted by Crippen LogP contribution is 2.41. The number of rotatable bonds is 14. The number of esters is 4. The van der Waals surface area contributed by atoms with Gasteiger partial charge in [0, 0.05) is 10.8 Å². The molecule has 14 nitrogen and oxygen atoms in total. The smallest absolute Gasteiger partial charge is 0.338 e. The molecule has 5 aromatic carbocycles. The second kappa shape index (κ2) is 21.4. The van der Waals surface area contributed by atoms with Gasteiger partial charge in [-0.2, -0.15) is 0 Å². The Morgan fingerprint density at radius 1 is 0.585 bits per heavy atom. The Hall–Kier alpha value is -5.91. The first-order valence-electron chi connectivity index (χ1n) is 21.2. The van der Waals surface area contributed by atoms with Crippen LogP contribution in [0.15, 0.2) is 152 Å². The normalized spacial score (nSPS) is 27.4. The second-order valence-corrected chi connectivity index (χ2v) is 17.4. The van der Waals surface area contributed by atoms with E-state index in [2.05, 4.69) is 0 Å². The van der Waals surface area contributed by atoms with Crippen LogP contribution in [-0.2, 0) is 42.6 Å². The van der Waals surface area contributed by atoms with Gasteiger partial charge in [0.05, 0.1) is 28.9 Å². The van der Waals surface area contributed by atoms with Gasteiger partial charge in [0.2, 0.25) is 0 Å². The van der Waals surface area contributed by atoms with E-state index in [1.807, 2.05) is 44.2 Å². The van der Waals surface area contributed by atoms with Crippen LogP contribution in [0.5, 0.6) is 0 Å². The molecule has 1 N–H and O–H groups in total. The van der Waals surface area contributed by atoms with Crippen LogP contribution in [0.3, 0.4) is 0 Å². The molecular weight excluding hydrogens is 857 g/mol. The van der Waals surface area contributed by atoms with E-state index < -0.39 is 97.3 Å². The Labute approximate surface area is 380 Å². The first-order valence-corrected chi connectivity index (χ1v) is 22.2. The fraction of sp³-hybridized carbons (Fsp3) is 0.320. The molecule has 0 amide bonds. The van der Waals surface area contributed by atoms with Gasteiger partial charge in [-0.15, -0.1) is 11.8 Å². The Kier molecular flexibility index (Phi) is 15.0. The Balaban J connectivity index is 1.22. The molecule has 0 spiro atoms. The van der Waals surface area contributed by atoms with Gasteiger partial charge in [-0.05, 0) is 48.5 Å². The van der Waals surface area contributed by atoms with Crippen molar-refractivity contribution in [3.63, 3.8) is 0 Å². The van der Waals surface area contributed by atoms with Gasteiger partial charge in [0.1, 0.15) is 42.6 Å². The fourth-order valence-electron chi connectivity index (χ4n) is 7.67. The number of hydrogen-bond acceptors (Lipinski definition) is 15. The van der Waals surface area contributed by atoms with E-state index in [1.165, 1.54) is 48.2 Å². The standard InChI is InChI=1S/C50H48O14S/c1-30(2)65-50-38(51)41(39-37(59-50)29-57-48(63-39)35-26-16-7-17-27-35)64-49-43(62-47(55)34-24-14-6-15-25-34)42(61-46(54)33-22-12-5-13-23-33)40(60-45(53)32-20-10-4-11-21-32)36(58-49)28-56-44(52)31-18-8-3-9-19-31/h3-27,30,36-43,48-51H,28-29H2,1-2H3/t36-,37-,38-,39+,40-,41-,42+,43-,48-,49+,50+/m1/s1. The van der Waals surface area contributed by atoms with Crippen molar-refractivity contribution < 1.29 is 66.9 Å². The molecule has 338 valence electrons. The van der Waals surface area contributed by atoms with Gasteiger partial charge < -0.3 is 47.7 Å². The minimum absolute atomic E-state index is 0.00497. The maximum atomic E-state index is 14.2. The van der Waals surface area contributed by atoms with Crippen molar-refractivity contribution in [1.82, 2.24) is 0 Å². The second-order valence-electron chi connectivity index (χ2n) is 15.7. The van der Waals surface area contributed by atoms with Crippen molar-refractivity contribution in [2.24, 2.45) is 0 Å². The van der Waals surface area contributed by atoms with Crippen LogP contribution in [-0.4, -0.2) is 108 Å². The van der Waals surface area contributed by atoms with Crippen molar-refractivity contribution in [1.29, 1.82) is 0 Å². The molecule has 8 rings (SSSR count). The monoisotopic (exact) mass is 904 g/mol. The molecule has 11 atom stereocenters. The van der Waals surface area contributed by atoms with Crippen LogP contribution in [0, 0.1) is 0 Å². The third-order valence-electron chi connectivity index (χ3n) is 10.8. The summed E-state index contributed by atoms with van der Waals surface area (Å²) in [5.41, 5.74) is 0.497. The summed E-state index contributed by atoms with van der Waals surface area (Å²) in [5, 5.41) is 12.2. The molecule has 0 bridgehead atoms. The van der Waals surface area contributed by atoms with Crippen LogP contribution in [0.1, 0.15) is 67.1 Å². The Morgan fingerprint density at radius 2 is 1.05 bits per heavy atom. The van der Waals surface area contributed by atoms with Gasteiger partial charge in [0.25, 0.3) is 0 Å². The quantitative estimate of drug-likeness (QED) is 0.0894. The van der Waals surface area contributed by atoms with Crippen molar-refractivity contribution >= 4 is 35.6 Å². The number of benzene rings is 5. The molecule has 3 aliphatic heterocycles. The van der Waals surface area contributed by atoms with Crippen molar-refractivity contribution in [3.8, 4) is 0 Å². The molecule has 0 aliphatic carbocycles. The number of carbonyl (C=O) groups excluding carboxylic acids is 4. The molecule has 65 heavy (non-hydrogen) atoms. The summed E-state index contributed by atoms with van der Waals surface area (Å²) in [7, 11) is 0. The summed E-state index contributed by atoms with van der Waals surface area (Å²) >= 11 is 1.36. The summed E-state index contributed by atoms with van der Waals surface area (Å²) in [5.74, 6) is -3.30. The van der Waals surface area contributed by atoms with Gasteiger partial charge in [-0.1, -0.05) is 117 Å². The van der Waals surface area contributed by atoms with Gasteiger partial charge in [-0.25, -0.2) is 19.2 Å². The number of hydrogen-bond donors (Lipinski definition) is 1. The number of aliphatic hydroxyl groups excluding tert-OH is 1. The topological polar surface area (TPSA) is 172 Å². The molecule has 15 heteroatoms. The SMILES string of the molecule is CC(C)S[C@@H]1O[C@@H]2CO[C@@H](c3ccccc3)O[C@@H]2[C@H](O[C@@H]2O[C@H](COC(=O)c3ccccc3)[C@@H](OC(=O)c3ccccc3)[C@H](OC(=O)c3ccccc3)[C@H]2OC(=O)c2ccccc2)[C@H]1O. The lowest BCUT2D eigenvalue weighted by molar-refractivity contribution is -0.364. The summed E-state index contributed by atoms with van der Waals surface area (Å²) in [6.07, 6.45) is -13.3. The van der Waals surface area contributed by atoms with E-state index >= 15 is 0 Å². The largest absolute Gasteiger partial charge is 0.459 e. The lowest BCUT2D eigenvalue weighted by Crippen LogP contribution is -2.67. The van der Waals surface area contributed by atoms with Crippen molar-refractivity contribution in [3.05, 3.63) is 179 Å². The van der Waals surface area contributed by atoms with Crippen LogP contribution < -0.4 is 0 Å². The summed E-state index contributed by atoms with van der Waals surface area (Å²) in [6.45, 7) is 3.41. The predicted octanol–water partition coefficient (Wildman–Crippen LogP) is 6.97. The molecule has 3 saturated heterocycles. The van der Waals surface area contributed by atoms with Crippen LogP contribution in [0.4, 0.5) is 0 Å². The number of carbonyl (C=O) groups is 4. The zero-order valence-electron chi connectivity index (χ0n) is 35.4. The highest BCUT2D eigenvalue weighted by Gasteiger charge is 2.57. The van der Waals surface area contributed by atoms with E-state index in [4.69, 9.17) is 42.6 Å². The van der Waals surface area contributed by atoms with E-state index in [0.29, 0.717) is 5.56 Å². The maximum absolute atomic E-state index is 14.2. The van der Waals surface area contributed by atoms with E-state index in [1.54, 1.807) is 84.9 Å². The third kappa shape index (κ3) is 11.1. The summed E-state index contributed by atoms with van der Waals surface area (Å²) in [4.78, 5) is 55.8. The van der Waals surface area contributed by atoms with Gasteiger partial charge in [-0.3, -0.25) is 0 Å². The molecule has 3 heterocycles. The average Bonchev–Trinajstić information content (AvgIpc) is 3.34. The fourth-order valence-corrected chi connectivity index (χ4v) is 8.73. The van der Waals surface area contributed by atoms with Crippen LogP contribution >= 0.6 is 11.8 Å². The molecule has 5 aromatic rings. The molecule has 0 aromatic heterocycles. The zero-order chi connectivity index (χ0) is 45.3. The van der Waals surface area contributed by atoms with E-state index in [-0.39, 0.29) is 34.1 Å². The molecule has 0 saturated carbocycles. The van der Waals surface area contributed by atoms with Gasteiger partial charge in [0.15, 0.2) is 30.9 Å². The minimum atomic E-state index is -1.70. The first-order chi connectivity index (χ1) is 31.6. The highest BCUT2D eigenvalue weighted by molar-refractivity contribution is 8.00. The Bertz CT molecular complexity index is 2340. The minimum Gasteiger partial charge on any atom is -0.459 e. The van der Waals surface area contributed by atoms with E-state index in [9.17, 15) is 24.3 Å². The molecular formula is C50H48O14S. The average molecular weight is 905 g/mol. The van der Waals surface area contributed by atoms with Crippen molar-refractivity contribution in [2.45, 2.75) is 85.9 Å². The van der Waals surface area contributed by atoms with Gasteiger partial charge >= 0.3 is 23.9 Å². The number of aliphatic hydroxyl groups is 1.